The summed E-state index contributed by atoms with van der Waals surface area (Å²) in [4.78, 5) is 35.5. The van der Waals surface area contributed by atoms with Crippen LogP contribution in [-0.4, -0.2) is 44.2 Å². The molecule has 3 aromatic heterocycles. The minimum Gasteiger partial charge on any atom is -0.447 e. The van der Waals surface area contributed by atoms with Gasteiger partial charge in [0.25, 0.3) is 5.91 Å². The van der Waals surface area contributed by atoms with Gasteiger partial charge in [-0.2, -0.15) is 5.10 Å². The molecule has 0 spiro atoms. The molecule has 0 aromatic carbocycles. The standard InChI is InChI=1S/C20H19FN6O3/c1-11-3-2-4-15-13(7-12(21)8-22-15)16-10-30-20(29)27(16)17-5-6-26-18(25-17)14(9-23-26)19(28)24-11/h5-9,11,16H,2-4,10H2,1H3,(H,24,28)/t11-,16-/m1/s1. The second kappa shape index (κ2) is 7.05. The van der Waals surface area contributed by atoms with E-state index in [-0.39, 0.29) is 18.6 Å². The van der Waals surface area contributed by atoms with Gasteiger partial charge in [-0.15, -0.1) is 0 Å². The number of aryl methyl sites for hydroxylation is 1. The Morgan fingerprint density at radius 1 is 1.30 bits per heavy atom. The second-order valence-electron chi connectivity index (χ2n) is 7.53. The third-order valence-corrected chi connectivity index (χ3v) is 5.48. The SMILES string of the molecule is C[C@@H]1CCCc2ncc(F)cc2[C@H]2COC(=O)N2c2ccn3ncc(c3n2)C(=O)N1. The Hall–Kier alpha value is -3.56. The van der Waals surface area contributed by atoms with Crippen molar-refractivity contribution < 1.29 is 18.7 Å². The summed E-state index contributed by atoms with van der Waals surface area (Å²) in [6, 6.07) is 2.38. The first-order valence-electron chi connectivity index (χ1n) is 9.77. The van der Waals surface area contributed by atoms with Crippen LogP contribution >= 0.6 is 0 Å². The smallest absolute Gasteiger partial charge is 0.416 e. The van der Waals surface area contributed by atoms with E-state index in [1.807, 2.05) is 6.92 Å². The Labute approximate surface area is 170 Å². The quantitative estimate of drug-likeness (QED) is 0.611. The van der Waals surface area contributed by atoms with Crippen LogP contribution in [0.15, 0.2) is 30.7 Å². The van der Waals surface area contributed by atoms with Gasteiger partial charge in [-0.3, -0.25) is 14.7 Å². The van der Waals surface area contributed by atoms with Crippen molar-refractivity contribution in [1.82, 2.24) is 24.9 Å². The van der Waals surface area contributed by atoms with Crippen LogP contribution in [0, 0.1) is 5.82 Å². The van der Waals surface area contributed by atoms with Crippen molar-refractivity contribution in [3.63, 3.8) is 0 Å². The molecule has 1 saturated heterocycles. The predicted octanol–water partition coefficient (Wildman–Crippen LogP) is 2.42. The highest BCUT2D eigenvalue weighted by molar-refractivity contribution is 6.00. The molecule has 5 rings (SSSR count). The number of nitrogens with one attached hydrogen (secondary N) is 1. The van der Waals surface area contributed by atoms with Crippen molar-refractivity contribution in [2.24, 2.45) is 0 Å². The van der Waals surface area contributed by atoms with Crippen molar-refractivity contribution in [1.29, 1.82) is 0 Å². The van der Waals surface area contributed by atoms with E-state index in [0.717, 1.165) is 6.42 Å². The first-order valence-corrected chi connectivity index (χ1v) is 9.77. The highest BCUT2D eigenvalue weighted by atomic mass is 19.1. The molecule has 9 nitrogen and oxygen atoms in total. The van der Waals surface area contributed by atoms with E-state index in [9.17, 15) is 14.0 Å². The lowest BCUT2D eigenvalue weighted by molar-refractivity contribution is 0.0939. The van der Waals surface area contributed by atoms with Gasteiger partial charge in [-0.25, -0.2) is 18.7 Å². The topological polar surface area (TPSA) is 102 Å². The Kier molecular flexibility index (Phi) is 4.34. The third-order valence-electron chi connectivity index (χ3n) is 5.48. The molecular weight excluding hydrogens is 391 g/mol. The lowest BCUT2D eigenvalue weighted by Gasteiger charge is -2.23. The van der Waals surface area contributed by atoms with E-state index in [1.165, 1.54) is 27.9 Å². The zero-order valence-corrected chi connectivity index (χ0v) is 16.2. The van der Waals surface area contributed by atoms with E-state index in [1.54, 1.807) is 12.3 Å². The molecule has 0 saturated carbocycles. The van der Waals surface area contributed by atoms with E-state index >= 15 is 0 Å². The minimum atomic E-state index is -0.585. The molecule has 2 aliphatic heterocycles. The number of pyridine rings is 1. The molecule has 2 amide bonds. The normalized spacial score (nSPS) is 21.7. The van der Waals surface area contributed by atoms with Crippen LogP contribution in [0.25, 0.3) is 5.65 Å². The van der Waals surface area contributed by atoms with E-state index in [0.29, 0.717) is 41.1 Å². The zero-order valence-electron chi connectivity index (χ0n) is 16.2. The van der Waals surface area contributed by atoms with E-state index in [4.69, 9.17) is 4.74 Å². The Morgan fingerprint density at radius 3 is 3.03 bits per heavy atom. The number of carbonyl (C=O) groups is 2. The summed E-state index contributed by atoms with van der Waals surface area (Å²) in [5.41, 5.74) is 1.94. The number of fused-ring (bicyclic) bond motifs is 5. The fraction of sp³-hybridized carbons (Fsp3) is 0.350. The molecule has 2 aliphatic rings. The van der Waals surface area contributed by atoms with E-state index in [2.05, 4.69) is 20.4 Å². The first kappa shape index (κ1) is 18.5. The Bertz CT molecular complexity index is 1160. The second-order valence-corrected chi connectivity index (χ2v) is 7.53. The average molecular weight is 410 g/mol. The highest BCUT2D eigenvalue weighted by Gasteiger charge is 2.38. The number of hydrogen-bond acceptors (Lipinski definition) is 6. The number of cyclic esters (lactones) is 1. The fourth-order valence-electron chi connectivity index (χ4n) is 3.99. The third kappa shape index (κ3) is 3.04. The van der Waals surface area contributed by atoms with Crippen molar-refractivity contribution >= 4 is 23.5 Å². The fourth-order valence-corrected chi connectivity index (χ4v) is 3.99. The monoisotopic (exact) mass is 410 g/mol. The Morgan fingerprint density at radius 2 is 2.17 bits per heavy atom. The largest absolute Gasteiger partial charge is 0.447 e. The number of rotatable bonds is 0. The van der Waals surface area contributed by atoms with Crippen LogP contribution in [0.1, 0.15) is 47.4 Å². The summed E-state index contributed by atoms with van der Waals surface area (Å²) in [6.07, 6.45) is 5.70. The van der Waals surface area contributed by atoms with E-state index < -0.39 is 18.0 Å². The number of ether oxygens (including phenoxy) is 1. The number of amides is 2. The van der Waals surface area contributed by atoms with Crippen molar-refractivity contribution in [2.75, 3.05) is 11.5 Å². The molecule has 0 unspecified atom stereocenters. The number of carbonyl (C=O) groups excluding carboxylic acids is 2. The summed E-state index contributed by atoms with van der Waals surface area (Å²) < 4.78 is 20.8. The first-order chi connectivity index (χ1) is 14.5. The maximum Gasteiger partial charge on any atom is 0.416 e. The van der Waals surface area contributed by atoms with Crippen LogP contribution < -0.4 is 10.2 Å². The predicted molar refractivity (Wildman–Crippen MR) is 104 cm³/mol. The number of aromatic nitrogens is 4. The average Bonchev–Trinajstić information content (AvgIpc) is 3.31. The summed E-state index contributed by atoms with van der Waals surface area (Å²) in [6.45, 7) is 1.99. The van der Waals surface area contributed by atoms with Crippen molar-refractivity contribution in [2.45, 2.75) is 38.3 Å². The maximum atomic E-state index is 14.1. The molecule has 2 bridgehead atoms. The van der Waals surface area contributed by atoms with Crippen LogP contribution in [0.2, 0.25) is 0 Å². The molecule has 0 radical (unpaired) electrons. The molecule has 1 N–H and O–H groups in total. The van der Waals surface area contributed by atoms with Gasteiger partial charge in [0, 0.05) is 23.5 Å². The highest BCUT2D eigenvalue weighted by Crippen LogP contribution is 2.34. The molecule has 10 heteroatoms. The number of hydrogen-bond donors (Lipinski definition) is 1. The van der Waals surface area contributed by atoms with Gasteiger partial charge in [0.05, 0.1) is 12.4 Å². The summed E-state index contributed by atoms with van der Waals surface area (Å²) >= 11 is 0. The lowest BCUT2D eigenvalue weighted by Crippen LogP contribution is -2.33. The van der Waals surface area contributed by atoms with Gasteiger partial charge in [-0.05, 0) is 38.3 Å². The number of halogens is 1. The van der Waals surface area contributed by atoms with Gasteiger partial charge in [-0.1, -0.05) is 0 Å². The molecule has 2 atom stereocenters. The molecule has 1 fully saturated rings. The van der Waals surface area contributed by atoms with Gasteiger partial charge in [0.2, 0.25) is 0 Å². The van der Waals surface area contributed by atoms with Gasteiger partial charge >= 0.3 is 6.09 Å². The molecule has 30 heavy (non-hydrogen) atoms. The lowest BCUT2D eigenvalue weighted by atomic mass is 9.99. The molecular formula is C20H19FN6O3. The summed E-state index contributed by atoms with van der Waals surface area (Å²) in [5, 5.41) is 7.14. The number of nitrogens with zero attached hydrogens (tertiary/aromatic N) is 5. The van der Waals surface area contributed by atoms with Gasteiger partial charge in [0.15, 0.2) is 5.65 Å². The Balaban J connectivity index is 1.69. The van der Waals surface area contributed by atoms with Crippen LogP contribution in [-0.2, 0) is 11.2 Å². The minimum absolute atomic E-state index is 0.0623. The van der Waals surface area contributed by atoms with Crippen molar-refractivity contribution in [3.05, 3.63) is 53.4 Å². The van der Waals surface area contributed by atoms with Crippen LogP contribution in [0.3, 0.4) is 0 Å². The molecule has 0 aliphatic carbocycles. The maximum absolute atomic E-state index is 14.1. The molecule has 5 heterocycles. The number of anilines is 1. The van der Waals surface area contributed by atoms with Crippen molar-refractivity contribution in [3.8, 4) is 0 Å². The molecule has 154 valence electrons. The molecule has 3 aromatic rings. The zero-order chi connectivity index (χ0) is 20.8. The summed E-state index contributed by atoms with van der Waals surface area (Å²) in [5.74, 6) is -0.457. The summed E-state index contributed by atoms with van der Waals surface area (Å²) in [7, 11) is 0. The van der Waals surface area contributed by atoms with Crippen LogP contribution in [0.5, 0.6) is 0 Å². The van der Waals surface area contributed by atoms with Gasteiger partial charge in [0.1, 0.15) is 29.8 Å². The van der Waals surface area contributed by atoms with Crippen LogP contribution in [0.4, 0.5) is 15.0 Å². The van der Waals surface area contributed by atoms with Gasteiger partial charge < -0.3 is 10.1 Å².